The summed E-state index contributed by atoms with van der Waals surface area (Å²) >= 11 is 0. The fraction of sp³-hybridized carbons (Fsp3) is 0.235. The number of pyridine rings is 1. The van der Waals surface area contributed by atoms with Crippen molar-refractivity contribution in [1.29, 1.82) is 0 Å². The number of hydrogen-bond donors (Lipinski definition) is 1. The second-order valence-corrected chi connectivity index (χ2v) is 5.67. The largest absolute Gasteiger partial charge is 0.496 e. The van der Waals surface area contributed by atoms with Crippen molar-refractivity contribution in [3.8, 4) is 16.9 Å². The number of anilines is 1. The van der Waals surface area contributed by atoms with E-state index in [-0.39, 0.29) is 13.1 Å². The molecule has 0 unspecified atom stereocenters. The van der Waals surface area contributed by atoms with E-state index < -0.39 is 5.92 Å². The van der Waals surface area contributed by atoms with Crippen molar-refractivity contribution in [3.05, 3.63) is 42.7 Å². The highest BCUT2D eigenvalue weighted by Gasteiger charge is 2.44. The zero-order valence-electron chi connectivity index (χ0n) is 12.5. The molecule has 1 N–H and O–H groups in total. The number of ether oxygens (including phenoxy) is 1. The smallest absolute Gasteiger partial charge is 0.282 e. The third-order valence-corrected chi connectivity index (χ3v) is 4.13. The zero-order chi connectivity index (χ0) is 16.0. The van der Waals surface area contributed by atoms with Gasteiger partial charge in [0.2, 0.25) is 0 Å². The summed E-state index contributed by atoms with van der Waals surface area (Å²) in [5.41, 5.74) is 3.25. The highest BCUT2D eigenvalue weighted by atomic mass is 19.3. The molecule has 0 radical (unpaired) electrons. The Morgan fingerprint density at radius 1 is 1.17 bits per heavy atom. The Balaban J connectivity index is 1.89. The lowest BCUT2D eigenvalue weighted by atomic mass is 10.0. The Kier molecular flexibility index (Phi) is 3.01. The highest BCUT2D eigenvalue weighted by Crippen LogP contribution is 2.41. The van der Waals surface area contributed by atoms with E-state index in [0.717, 1.165) is 28.0 Å². The fourth-order valence-corrected chi connectivity index (χ4v) is 3.06. The van der Waals surface area contributed by atoms with Crippen LogP contribution in [-0.2, 0) is 0 Å². The Bertz CT molecular complexity index is 867. The van der Waals surface area contributed by atoms with Crippen molar-refractivity contribution < 1.29 is 13.5 Å². The maximum Gasteiger partial charge on any atom is 0.282 e. The lowest BCUT2D eigenvalue weighted by Crippen LogP contribution is -2.56. The summed E-state index contributed by atoms with van der Waals surface area (Å²) in [6, 6.07) is 9.42. The van der Waals surface area contributed by atoms with Crippen LogP contribution >= 0.6 is 0 Å². The Morgan fingerprint density at radius 2 is 1.96 bits per heavy atom. The molecule has 1 aliphatic rings. The molecular formula is C17H15F2N3O. The van der Waals surface area contributed by atoms with Gasteiger partial charge < -0.3 is 14.6 Å². The number of hydrogen-bond acceptors (Lipinski definition) is 3. The van der Waals surface area contributed by atoms with E-state index in [1.165, 1.54) is 0 Å². The molecule has 1 aromatic carbocycles. The molecule has 3 aromatic rings. The number of benzene rings is 1. The standard InChI is InChI=1S/C17H15F2N3O/c1-23-14-5-3-2-4-11(14)12-8-21-16-15(12)13(6-7-20-16)22-9-17(18,19)10-22/h2-8H,9-10H2,1H3,(H,20,21). The first-order valence-electron chi connectivity index (χ1n) is 7.31. The van der Waals surface area contributed by atoms with Gasteiger partial charge in [-0.2, -0.15) is 0 Å². The fourth-order valence-electron chi connectivity index (χ4n) is 3.06. The van der Waals surface area contributed by atoms with Crippen LogP contribution in [0.15, 0.2) is 42.7 Å². The van der Waals surface area contributed by atoms with Gasteiger partial charge in [-0.25, -0.2) is 13.8 Å². The van der Waals surface area contributed by atoms with E-state index in [2.05, 4.69) is 9.97 Å². The summed E-state index contributed by atoms with van der Waals surface area (Å²) in [4.78, 5) is 9.11. The molecule has 6 heteroatoms. The number of rotatable bonds is 3. The van der Waals surface area contributed by atoms with E-state index in [1.807, 2.05) is 30.5 Å². The molecule has 0 bridgehead atoms. The van der Waals surface area contributed by atoms with Gasteiger partial charge in [-0.15, -0.1) is 0 Å². The minimum atomic E-state index is -2.61. The zero-order valence-corrected chi connectivity index (χ0v) is 12.5. The van der Waals surface area contributed by atoms with Gasteiger partial charge in [0, 0.05) is 23.5 Å². The minimum absolute atomic E-state index is 0.261. The Hall–Kier alpha value is -2.63. The molecule has 23 heavy (non-hydrogen) atoms. The average Bonchev–Trinajstić information content (AvgIpc) is 2.96. The molecule has 0 atom stereocenters. The summed E-state index contributed by atoms with van der Waals surface area (Å²) in [7, 11) is 1.61. The van der Waals surface area contributed by atoms with E-state index in [1.54, 1.807) is 24.3 Å². The van der Waals surface area contributed by atoms with Crippen molar-refractivity contribution in [3.63, 3.8) is 0 Å². The van der Waals surface area contributed by atoms with Crippen LogP contribution in [0.5, 0.6) is 5.75 Å². The van der Waals surface area contributed by atoms with Crippen LogP contribution < -0.4 is 9.64 Å². The van der Waals surface area contributed by atoms with E-state index in [9.17, 15) is 8.78 Å². The summed E-state index contributed by atoms with van der Waals surface area (Å²) in [6.07, 6.45) is 3.48. The maximum atomic E-state index is 13.3. The van der Waals surface area contributed by atoms with Gasteiger partial charge in [0.25, 0.3) is 5.92 Å². The lowest BCUT2D eigenvalue weighted by Gasteiger charge is -2.40. The van der Waals surface area contributed by atoms with Gasteiger partial charge in [-0.05, 0) is 12.1 Å². The number of H-pyrrole nitrogens is 1. The van der Waals surface area contributed by atoms with Gasteiger partial charge in [0.15, 0.2) is 0 Å². The summed E-state index contributed by atoms with van der Waals surface area (Å²) < 4.78 is 31.9. The molecule has 1 fully saturated rings. The first-order chi connectivity index (χ1) is 11.1. The predicted octanol–water partition coefficient (Wildman–Crippen LogP) is 3.69. The van der Waals surface area contributed by atoms with Crippen LogP contribution in [0.3, 0.4) is 0 Å². The molecule has 3 heterocycles. The van der Waals surface area contributed by atoms with Gasteiger partial charge in [-0.3, -0.25) is 0 Å². The number of aromatic amines is 1. The second-order valence-electron chi connectivity index (χ2n) is 5.67. The molecule has 0 aliphatic carbocycles. The van der Waals surface area contributed by atoms with Gasteiger partial charge in [-0.1, -0.05) is 18.2 Å². The number of fused-ring (bicyclic) bond motifs is 1. The molecule has 1 saturated heterocycles. The van der Waals surface area contributed by atoms with Gasteiger partial charge in [0.1, 0.15) is 11.4 Å². The predicted molar refractivity (Wildman–Crippen MR) is 85.2 cm³/mol. The summed E-state index contributed by atoms with van der Waals surface area (Å²) in [5, 5.41) is 0.840. The molecular weight excluding hydrogens is 300 g/mol. The van der Waals surface area contributed by atoms with Crippen molar-refractivity contribution in [2.24, 2.45) is 0 Å². The Morgan fingerprint density at radius 3 is 2.70 bits per heavy atom. The molecule has 4 nitrogen and oxygen atoms in total. The van der Waals surface area contributed by atoms with Gasteiger partial charge in [0.05, 0.1) is 31.3 Å². The molecule has 4 rings (SSSR count). The van der Waals surface area contributed by atoms with Gasteiger partial charge >= 0.3 is 0 Å². The monoisotopic (exact) mass is 315 g/mol. The highest BCUT2D eigenvalue weighted by molar-refractivity contribution is 6.03. The van der Waals surface area contributed by atoms with Crippen molar-refractivity contribution >= 4 is 16.7 Å². The van der Waals surface area contributed by atoms with Crippen molar-refractivity contribution in [2.45, 2.75) is 5.92 Å². The third kappa shape index (κ3) is 2.21. The number of nitrogens with one attached hydrogen (secondary N) is 1. The first-order valence-corrected chi connectivity index (χ1v) is 7.31. The molecule has 1 aliphatic heterocycles. The number of para-hydroxylation sites is 1. The second kappa shape index (κ2) is 4.94. The number of nitrogens with zero attached hydrogens (tertiary/aromatic N) is 2. The number of halogens is 2. The summed E-state index contributed by atoms with van der Waals surface area (Å²) in [5.74, 6) is -1.88. The quantitative estimate of drug-likeness (QED) is 0.801. The minimum Gasteiger partial charge on any atom is -0.496 e. The molecule has 0 saturated carbocycles. The van der Waals surface area contributed by atoms with Crippen LogP contribution in [0.2, 0.25) is 0 Å². The van der Waals surface area contributed by atoms with Crippen molar-refractivity contribution in [1.82, 2.24) is 9.97 Å². The summed E-state index contributed by atoms with van der Waals surface area (Å²) in [6.45, 7) is -0.523. The number of alkyl halides is 2. The third-order valence-electron chi connectivity index (χ3n) is 4.13. The van der Waals surface area contributed by atoms with Crippen LogP contribution in [0.25, 0.3) is 22.2 Å². The Labute approximate surface area is 131 Å². The topological polar surface area (TPSA) is 41.1 Å². The average molecular weight is 315 g/mol. The van der Waals surface area contributed by atoms with Crippen LogP contribution in [0.4, 0.5) is 14.5 Å². The SMILES string of the molecule is COc1ccccc1-c1c[nH]c2nccc(N3CC(F)(F)C3)c12. The number of methoxy groups -OCH3 is 1. The van der Waals surface area contributed by atoms with E-state index in [4.69, 9.17) is 4.74 Å². The van der Waals surface area contributed by atoms with Crippen LogP contribution in [0, 0.1) is 0 Å². The molecule has 118 valence electrons. The molecule has 0 amide bonds. The molecule has 2 aromatic heterocycles. The van der Waals surface area contributed by atoms with Crippen LogP contribution in [0.1, 0.15) is 0 Å². The van der Waals surface area contributed by atoms with Crippen molar-refractivity contribution in [2.75, 3.05) is 25.1 Å². The molecule has 0 spiro atoms. The maximum absolute atomic E-state index is 13.3. The van der Waals surface area contributed by atoms with E-state index >= 15 is 0 Å². The first kappa shape index (κ1) is 14.0. The normalized spacial score (nSPS) is 16.4. The van der Waals surface area contributed by atoms with E-state index in [0.29, 0.717) is 5.65 Å². The van der Waals surface area contributed by atoms with Crippen LogP contribution in [-0.4, -0.2) is 36.1 Å². The number of aromatic nitrogens is 2. The lowest BCUT2D eigenvalue weighted by molar-refractivity contribution is -0.0261.